The molecule has 0 aliphatic heterocycles. The first-order valence-corrected chi connectivity index (χ1v) is 10.4. The first-order valence-electron chi connectivity index (χ1n) is 10.4. The van der Waals surface area contributed by atoms with E-state index in [4.69, 9.17) is 0 Å². The predicted octanol–water partition coefficient (Wildman–Crippen LogP) is 4.19. The van der Waals surface area contributed by atoms with E-state index >= 15 is 0 Å². The monoisotopic (exact) mass is 417 g/mol. The molecule has 158 valence electrons. The second-order valence-corrected chi connectivity index (χ2v) is 8.96. The number of imidazole rings is 1. The lowest BCUT2D eigenvalue weighted by Gasteiger charge is -2.36. The van der Waals surface area contributed by atoms with Gasteiger partial charge in [0.05, 0.1) is 41.0 Å². The van der Waals surface area contributed by atoms with Gasteiger partial charge in [-0.2, -0.15) is 5.10 Å². The zero-order chi connectivity index (χ0) is 21.6. The largest absolute Gasteiger partial charge is 0.348 e. The molecule has 2 heterocycles. The molecule has 2 aromatic heterocycles. The van der Waals surface area contributed by atoms with Crippen molar-refractivity contribution >= 4 is 16.9 Å². The third-order valence-corrected chi connectivity index (χ3v) is 5.93. The van der Waals surface area contributed by atoms with Crippen molar-refractivity contribution in [2.24, 2.45) is 5.41 Å². The van der Waals surface area contributed by atoms with Crippen LogP contribution in [0.1, 0.15) is 37.6 Å². The maximum atomic E-state index is 13.4. The molecule has 0 fully saturated rings. The van der Waals surface area contributed by atoms with Crippen LogP contribution in [-0.2, 0) is 17.8 Å². The second-order valence-electron chi connectivity index (χ2n) is 8.96. The number of rotatable bonds is 4. The highest BCUT2D eigenvalue weighted by Crippen LogP contribution is 2.41. The van der Waals surface area contributed by atoms with Crippen molar-refractivity contribution in [1.29, 1.82) is 0 Å². The molecular weight excluding hydrogens is 393 g/mol. The summed E-state index contributed by atoms with van der Waals surface area (Å²) in [5, 5.41) is 7.77. The highest BCUT2D eigenvalue weighted by atomic mass is 19.1. The van der Waals surface area contributed by atoms with Gasteiger partial charge < -0.3 is 9.88 Å². The fraction of sp³-hybridized carbons (Fsp3) is 0.292. The SMILES string of the molecule is CC1(C)Cc2c(cnn2-c2ccc(F)cc2)C(NC(=O)Cn2cnc3ccccc32)C1. The molecule has 31 heavy (non-hydrogen) atoms. The maximum Gasteiger partial charge on any atom is 0.240 e. The molecule has 1 atom stereocenters. The third-order valence-electron chi connectivity index (χ3n) is 5.93. The number of nitrogens with zero attached hydrogens (tertiary/aromatic N) is 4. The molecule has 4 aromatic rings. The zero-order valence-electron chi connectivity index (χ0n) is 17.5. The molecule has 1 aliphatic carbocycles. The van der Waals surface area contributed by atoms with E-state index in [0.29, 0.717) is 0 Å². The van der Waals surface area contributed by atoms with Gasteiger partial charge in [-0.25, -0.2) is 14.1 Å². The van der Waals surface area contributed by atoms with Crippen molar-refractivity contribution in [3.05, 3.63) is 78.1 Å². The first kappa shape index (κ1) is 19.5. The Balaban J connectivity index is 1.41. The molecule has 0 saturated carbocycles. The van der Waals surface area contributed by atoms with Gasteiger partial charge in [-0.05, 0) is 54.7 Å². The fourth-order valence-corrected chi connectivity index (χ4v) is 4.51. The minimum Gasteiger partial charge on any atom is -0.348 e. The summed E-state index contributed by atoms with van der Waals surface area (Å²) in [6, 6.07) is 14.0. The van der Waals surface area contributed by atoms with Crippen LogP contribution in [0.25, 0.3) is 16.7 Å². The Labute approximate surface area is 179 Å². The topological polar surface area (TPSA) is 64.7 Å². The first-order chi connectivity index (χ1) is 14.9. The Hall–Kier alpha value is -3.48. The van der Waals surface area contributed by atoms with E-state index in [1.807, 2.05) is 39.7 Å². The number of nitrogens with one attached hydrogen (secondary N) is 1. The minimum absolute atomic E-state index is 0.00946. The molecule has 0 spiro atoms. The molecule has 7 heteroatoms. The number of hydrogen-bond acceptors (Lipinski definition) is 3. The number of carbonyl (C=O) groups is 1. The molecule has 1 aliphatic rings. The molecular formula is C24H24FN5O. The summed E-state index contributed by atoms with van der Waals surface area (Å²) in [4.78, 5) is 17.3. The number of amides is 1. The van der Waals surface area contributed by atoms with Crippen molar-refractivity contribution < 1.29 is 9.18 Å². The van der Waals surface area contributed by atoms with Crippen LogP contribution < -0.4 is 5.32 Å². The molecule has 0 saturated heterocycles. The third kappa shape index (κ3) is 3.71. The quantitative estimate of drug-likeness (QED) is 0.542. The second kappa shape index (κ2) is 7.34. The van der Waals surface area contributed by atoms with Crippen LogP contribution in [0.3, 0.4) is 0 Å². The van der Waals surface area contributed by atoms with E-state index in [9.17, 15) is 9.18 Å². The van der Waals surface area contributed by atoms with Crippen LogP contribution in [0.5, 0.6) is 0 Å². The van der Waals surface area contributed by atoms with Crippen molar-refractivity contribution in [2.75, 3.05) is 0 Å². The lowest BCUT2D eigenvalue weighted by atomic mass is 9.74. The summed E-state index contributed by atoms with van der Waals surface area (Å²) in [5.74, 6) is -0.339. The summed E-state index contributed by atoms with van der Waals surface area (Å²) < 4.78 is 17.1. The highest BCUT2D eigenvalue weighted by Gasteiger charge is 2.36. The molecule has 5 rings (SSSR count). The highest BCUT2D eigenvalue weighted by molar-refractivity contribution is 5.80. The zero-order valence-corrected chi connectivity index (χ0v) is 17.5. The fourth-order valence-electron chi connectivity index (χ4n) is 4.51. The van der Waals surface area contributed by atoms with Crippen LogP contribution in [0, 0.1) is 11.2 Å². The lowest BCUT2D eigenvalue weighted by molar-refractivity contribution is -0.122. The maximum absolute atomic E-state index is 13.4. The molecule has 1 amide bonds. The normalized spacial score (nSPS) is 17.5. The van der Waals surface area contributed by atoms with E-state index in [0.717, 1.165) is 40.8 Å². The molecule has 6 nitrogen and oxygen atoms in total. The van der Waals surface area contributed by atoms with Crippen molar-refractivity contribution in [2.45, 2.75) is 39.3 Å². The van der Waals surface area contributed by atoms with Gasteiger partial charge in [0.2, 0.25) is 5.91 Å². The number of carbonyl (C=O) groups excluding carboxylic acids is 1. The summed E-state index contributed by atoms with van der Waals surface area (Å²) in [6.45, 7) is 4.60. The average molecular weight is 417 g/mol. The number of para-hydroxylation sites is 2. The van der Waals surface area contributed by atoms with Crippen molar-refractivity contribution in [3.63, 3.8) is 0 Å². The van der Waals surface area contributed by atoms with Crippen LogP contribution in [0.2, 0.25) is 0 Å². The smallest absolute Gasteiger partial charge is 0.240 e. The Morgan fingerprint density at radius 1 is 1.19 bits per heavy atom. The number of aromatic nitrogens is 4. The minimum atomic E-state index is -0.276. The van der Waals surface area contributed by atoms with Gasteiger partial charge in [-0.3, -0.25) is 4.79 Å². The van der Waals surface area contributed by atoms with Crippen LogP contribution >= 0.6 is 0 Å². The number of halogens is 1. The lowest BCUT2D eigenvalue weighted by Crippen LogP contribution is -2.38. The van der Waals surface area contributed by atoms with Gasteiger partial charge in [0.25, 0.3) is 0 Å². The van der Waals surface area contributed by atoms with E-state index in [-0.39, 0.29) is 29.7 Å². The van der Waals surface area contributed by atoms with Gasteiger partial charge in [-0.1, -0.05) is 26.0 Å². The van der Waals surface area contributed by atoms with E-state index < -0.39 is 0 Å². The van der Waals surface area contributed by atoms with E-state index in [2.05, 4.69) is 29.2 Å². The van der Waals surface area contributed by atoms with Crippen molar-refractivity contribution in [3.8, 4) is 5.69 Å². The molecule has 0 bridgehead atoms. The van der Waals surface area contributed by atoms with Gasteiger partial charge in [-0.15, -0.1) is 0 Å². The van der Waals surface area contributed by atoms with E-state index in [1.54, 1.807) is 18.5 Å². The Bertz CT molecular complexity index is 1250. The summed E-state index contributed by atoms with van der Waals surface area (Å²) in [7, 11) is 0. The van der Waals surface area contributed by atoms with Gasteiger partial charge in [0.1, 0.15) is 12.4 Å². The molecule has 1 unspecified atom stereocenters. The van der Waals surface area contributed by atoms with Gasteiger partial charge in [0.15, 0.2) is 0 Å². The molecule has 2 aromatic carbocycles. The van der Waals surface area contributed by atoms with Crippen molar-refractivity contribution in [1.82, 2.24) is 24.6 Å². The predicted molar refractivity (Wildman–Crippen MR) is 116 cm³/mol. The summed E-state index contributed by atoms with van der Waals surface area (Å²) in [6.07, 6.45) is 5.18. The number of hydrogen-bond donors (Lipinski definition) is 1. The number of fused-ring (bicyclic) bond motifs is 2. The van der Waals surface area contributed by atoms with E-state index in [1.165, 1.54) is 12.1 Å². The van der Waals surface area contributed by atoms with Crippen LogP contribution in [-0.4, -0.2) is 25.2 Å². The van der Waals surface area contributed by atoms with Gasteiger partial charge >= 0.3 is 0 Å². The number of benzene rings is 2. The molecule has 1 N–H and O–H groups in total. The average Bonchev–Trinajstić information content (AvgIpc) is 3.32. The van der Waals surface area contributed by atoms with Crippen LogP contribution in [0.4, 0.5) is 4.39 Å². The summed E-state index contributed by atoms with van der Waals surface area (Å²) >= 11 is 0. The van der Waals surface area contributed by atoms with Crippen LogP contribution in [0.15, 0.2) is 61.1 Å². The molecule has 0 radical (unpaired) electrons. The Kier molecular flexibility index (Phi) is 4.61. The van der Waals surface area contributed by atoms with Gasteiger partial charge in [0, 0.05) is 5.56 Å². The summed E-state index contributed by atoms with van der Waals surface area (Å²) in [5.41, 5.74) is 4.69. The Morgan fingerprint density at radius 2 is 1.97 bits per heavy atom. The Morgan fingerprint density at radius 3 is 2.77 bits per heavy atom. The standard InChI is InChI=1S/C24H24FN5O/c1-24(2)11-20(28-23(31)14-29-15-26-19-5-3-4-6-21(19)29)18-13-27-30(22(18)12-24)17-9-7-16(25)8-10-17/h3-10,13,15,20H,11-12,14H2,1-2H3,(H,28,31).